The highest BCUT2D eigenvalue weighted by atomic mass is 19.4. The van der Waals surface area contributed by atoms with Crippen molar-refractivity contribution in [2.24, 2.45) is 0 Å². The van der Waals surface area contributed by atoms with E-state index < -0.39 is 29.2 Å². The SMILES string of the molecule is O=c1n(-c2ccc(C(F)(F)F)cc2)ccn1-c1ccc(C(F)(F)F)cc1. The zero-order valence-corrected chi connectivity index (χ0v) is 12.8. The van der Waals surface area contributed by atoms with Gasteiger partial charge in [0.1, 0.15) is 0 Å². The van der Waals surface area contributed by atoms with Gasteiger partial charge in [-0.25, -0.2) is 4.79 Å². The van der Waals surface area contributed by atoms with E-state index in [9.17, 15) is 31.1 Å². The summed E-state index contributed by atoms with van der Waals surface area (Å²) < 4.78 is 77.7. The molecule has 0 bridgehead atoms. The van der Waals surface area contributed by atoms with Gasteiger partial charge in [0.15, 0.2) is 0 Å². The van der Waals surface area contributed by atoms with Crippen molar-refractivity contribution in [3.8, 4) is 11.4 Å². The van der Waals surface area contributed by atoms with Crippen LogP contribution in [0.15, 0.2) is 65.7 Å². The van der Waals surface area contributed by atoms with Crippen molar-refractivity contribution in [2.75, 3.05) is 0 Å². The molecule has 0 aliphatic rings. The van der Waals surface area contributed by atoms with Crippen LogP contribution in [0.1, 0.15) is 11.1 Å². The molecule has 0 amide bonds. The van der Waals surface area contributed by atoms with Gasteiger partial charge in [0.25, 0.3) is 0 Å². The van der Waals surface area contributed by atoms with Crippen molar-refractivity contribution in [3.05, 3.63) is 82.5 Å². The Kier molecular flexibility index (Phi) is 4.17. The van der Waals surface area contributed by atoms with Gasteiger partial charge >= 0.3 is 18.0 Å². The smallest absolute Gasteiger partial charge is 0.268 e. The second-order valence-electron chi connectivity index (χ2n) is 5.41. The van der Waals surface area contributed by atoms with Crippen LogP contribution in [0, 0.1) is 0 Å². The normalized spacial score (nSPS) is 12.4. The minimum Gasteiger partial charge on any atom is -0.268 e. The third kappa shape index (κ3) is 3.37. The van der Waals surface area contributed by atoms with Crippen LogP contribution in [0.2, 0.25) is 0 Å². The number of benzene rings is 2. The number of rotatable bonds is 2. The molecule has 0 unspecified atom stereocenters. The molecule has 0 aliphatic heterocycles. The van der Waals surface area contributed by atoms with E-state index in [0.717, 1.165) is 57.7 Å². The van der Waals surface area contributed by atoms with Gasteiger partial charge < -0.3 is 0 Å². The lowest BCUT2D eigenvalue weighted by Crippen LogP contribution is -2.21. The molecule has 1 aromatic heterocycles. The summed E-state index contributed by atoms with van der Waals surface area (Å²) in [4.78, 5) is 12.4. The number of aromatic nitrogens is 2. The van der Waals surface area contributed by atoms with E-state index in [-0.39, 0.29) is 11.4 Å². The van der Waals surface area contributed by atoms with E-state index >= 15 is 0 Å². The summed E-state index contributed by atoms with van der Waals surface area (Å²) in [6.45, 7) is 0. The Hall–Kier alpha value is -2.97. The van der Waals surface area contributed by atoms with E-state index in [4.69, 9.17) is 0 Å². The first-order valence-electron chi connectivity index (χ1n) is 7.22. The van der Waals surface area contributed by atoms with Gasteiger partial charge in [-0.05, 0) is 48.5 Å². The van der Waals surface area contributed by atoms with Crippen LogP contribution in [0.3, 0.4) is 0 Å². The second kappa shape index (κ2) is 6.08. The van der Waals surface area contributed by atoms with Gasteiger partial charge in [-0.15, -0.1) is 0 Å². The molecule has 3 aromatic rings. The first-order chi connectivity index (χ1) is 12.1. The molecular weight excluding hydrogens is 362 g/mol. The van der Waals surface area contributed by atoms with E-state index in [2.05, 4.69) is 0 Å². The molecule has 0 N–H and O–H groups in total. The van der Waals surface area contributed by atoms with Gasteiger partial charge in [-0.1, -0.05) is 0 Å². The average Bonchev–Trinajstić information content (AvgIpc) is 2.95. The number of hydrogen-bond donors (Lipinski definition) is 0. The number of halogens is 6. The predicted octanol–water partition coefficient (Wildman–Crippen LogP) is 4.67. The summed E-state index contributed by atoms with van der Waals surface area (Å²) in [5.74, 6) is 0. The Balaban J connectivity index is 1.95. The van der Waals surface area contributed by atoms with Crippen molar-refractivity contribution in [3.63, 3.8) is 0 Å². The number of nitrogens with zero attached hydrogens (tertiary/aromatic N) is 2. The molecular formula is C17H10F6N2O. The van der Waals surface area contributed by atoms with Gasteiger partial charge in [-0.2, -0.15) is 26.3 Å². The second-order valence-corrected chi connectivity index (χ2v) is 5.41. The van der Waals surface area contributed by atoms with Crippen LogP contribution < -0.4 is 5.69 Å². The molecule has 3 nitrogen and oxygen atoms in total. The number of alkyl halides is 6. The Morgan fingerprint density at radius 1 is 0.577 bits per heavy atom. The highest BCUT2D eigenvalue weighted by Crippen LogP contribution is 2.30. The summed E-state index contributed by atoms with van der Waals surface area (Å²) in [5.41, 5.74) is -1.92. The lowest BCUT2D eigenvalue weighted by molar-refractivity contribution is -0.138. The molecule has 9 heteroatoms. The van der Waals surface area contributed by atoms with E-state index in [0.29, 0.717) is 0 Å². The Morgan fingerprint density at radius 3 is 1.15 bits per heavy atom. The first-order valence-corrected chi connectivity index (χ1v) is 7.22. The monoisotopic (exact) mass is 372 g/mol. The maximum Gasteiger partial charge on any atom is 0.416 e. The molecule has 0 atom stereocenters. The van der Waals surface area contributed by atoms with Crippen LogP contribution in [0.4, 0.5) is 26.3 Å². The van der Waals surface area contributed by atoms with Crippen molar-refractivity contribution < 1.29 is 26.3 Å². The topological polar surface area (TPSA) is 26.9 Å². The molecule has 0 saturated carbocycles. The van der Waals surface area contributed by atoms with Gasteiger partial charge in [0.2, 0.25) is 0 Å². The van der Waals surface area contributed by atoms with Crippen molar-refractivity contribution in [1.29, 1.82) is 0 Å². The third-order valence-electron chi connectivity index (χ3n) is 3.72. The highest BCUT2D eigenvalue weighted by molar-refractivity contribution is 5.39. The maximum atomic E-state index is 12.6. The minimum absolute atomic E-state index is 0.202. The summed E-state index contributed by atoms with van der Waals surface area (Å²) in [6, 6.07) is 7.94. The molecule has 2 aromatic carbocycles. The molecule has 3 rings (SSSR count). The lowest BCUT2D eigenvalue weighted by Gasteiger charge is -2.08. The van der Waals surface area contributed by atoms with Crippen LogP contribution in [-0.2, 0) is 12.4 Å². The quantitative estimate of drug-likeness (QED) is 0.601. The molecule has 0 spiro atoms. The van der Waals surface area contributed by atoms with Crippen molar-refractivity contribution >= 4 is 0 Å². The summed E-state index contributed by atoms with van der Waals surface area (Å²) >= 11 is 0. The van der Waals surface area contributed by atoms with Crippen LogP contribution in [0.25, 0.3) is 11.4 Å². The zero-order valence-electron chi connectivity index (χ0n) is 12.8. The summed E-state index contributed by atoms with van der Waals surface area (Å²) in [6.07, 6.45) is -6.34. The fourth-order valence-corrected chi connectivity index (χ4v) is 2.39. The van der Waals surface area contributed by atoms with Gasteiger partial charge in [0, 0.05) is 12.4 Å². The highest BCUT2D eigenvalue weighted by Gasteiger charge is 2.31. The fraction of sp³-hybridized carbons (Fsp3) is 0.118. The lowest BCUT2D eigenvalue weighted by atomic mass is 10.2. The number of hydrogen-bond acceptors (Lipinski definition) is 1. The fourth-order valence-electron chi connectivity index (χ4n) is 2.39. The van der Waals surface area contributed by atoms with Crippen LogP contribution >= 0.6 is 0 Å². The first kappa shape index (κ1) is 17.8. The summed E-state index contributed by atoms with van der Waals surface area (Å²) in [7, 11) is 0. The maximum absolute atomic E-state index is 12.6. The van der Waals surface area contributed by atoms with Crippen molar-refractivity contribution in [2.45, 2.75) is 12.4 Å². The van der Waals surface area contributed by atoms with E-state index in [1.165, 1.54) is 12.4 Å². The predicted molar refractivity (Wildman–Crippen MR) is 81.4 cm³/mol. The molecule has 136 valence electrons. The standard InChI is InChI=1S/C17H10F6N2O/c18-16(19,20)11-1-5-13(6-2-11)24-9-10-25(15(24)26)14-7-3-12(4-8-14)17(21,22)23/h1-10H. The average molecular weight is 372 g/mol. The van der Waals surface area contributed by atoms with E-state index in [1.807, 2.05) is 0 Å². The summed E-state index contributed by atoms with van der Waals surface area (Å²) in [5, 5.41) is 0. The molecule has 0 fully saturated rings. The molecule has 0 saturated heterocycles. The van der Waals surface area contributed by atoms with Crippen molar-refractivity contribution in [1.82, 2.24) is 9.13 Å². The molecule has 0 radical (unpaired) electrons. The largest absolute Gasteiger partial charge is 0.416 e. The molecule has 0 aliphatic carbocycles. The Morgan fingerprint density at radius 2 is 0.885 bits per heavy atom. The zero-order chi connectivity index (χ0) is 19.1. The van der Waals surface area contributed by atoms with Gasteiger partial charge in [-0.3, -0.25) is 9.13 Å². The van der Waals surface area contributed by atoms with Crippen LogP contribution in [-0.4, -0.2) is 9.13 Å². The van der Waals surface area contributed by atoms with Crippen LogP contribution in [0.5, 0.6) is 0 Å². The minimum atomic E-state index is -4.49. The number of imidazole rings is 1. The van der Waals surface area contributed by atoms with E-state index in [1.54, 1.807) is 0 Å². The van der Waals surface area contributed by atoms with Gasteiger partial charge in [0.05, 0.1) is 22.5 Å². The Bertz CT molecular complexity index is 885. The molecule has 1 heterocycles. The Labute approximate surface area is 142 Å². The molecule has 26 heavy (non-hydrogen) atoms. The third-order valence-corrected chi connectivity index (χ3v) is 3.72.